The Hall–Kier alpha value is -2.14. The number of amides is 1. The van der Waals surface area contributed by atoms with E-state index in [-0.39, 0.29) is 12.3 Å². The zero-order chi connectivity index (χ0) is 14.5. The quantitative estimate of drug-likeness (QED) is 0.889. The predicted molar refractivity (Wildman–Crippen MR) is 78.0 cm³/mol. The van der Waals surface area contributed by atoms with E-state index in [0.29, 0.717) is 4.88 Å². The SMILES string of the molecule is Cc1ccc(C(=O)NC(CC(=O)O)c2ccccc2)s1. The second kappa shape index (κ2) is 6.34. The first-order valence-corrected chi connectivity index (χ1v) is 7.02. The van der Waals surface area contributed by atoms with E-state index in [4.69, 9.17) is 5.11 Å². The van der Waals surface area contributed by atoms with Crippen molar-refractivity contribution in [2.45, 2.75) is 19.4 Å². The van der Waals surface area contributed by atoms with Crippen LogP contribution in [0.3, 0.4) is 0 Å². The van der Waals surface area contributed by atoms with Gasteiger partial charge in [0.25, 0.3) is 5.91 Å². The highest BCUT2D eigenvalue weighted by Crippen LogP contribution is 2.20. The summed E-state index contributed by atoms with van der Waals surface area (Å²) in [4.78, 5) is 24.7. The third-order valence-electron chi connectivity index (χ3n) is 2.85. The minimum Gasteiger partial charge on any atom is -0.481 e. The van der Waals surface area contributed by atoms with E-state index in [9.17, 15) is 9.59 Å². The van der Waals surface area contributed by atoms with Crippen LogP contribution in [0, 0.1) is 6.92 Å². The number of benzene rings is 1. The lowest BCUT2D eigenvalue weighted by Gasteiger charge is -2.16. The molecule has 2 aromatic rings. The number of hydrogen-bond acceptors (Lipinski definition) is 3. The van der Waals surface area contributed by atoms with Crippen molar-refractivity contribution in [3.8, 4) is 0 Å². The molecule has 0 aliphatic carbocycles. The van der Waals surface area contributed by atoms with Crippen molar-refractivity contribution in [1.82, 2.24) is 5.32 Å². The molecule has 1 aromatic heterocycles. The summed E-state index contributed by atoms with van der Waals surface area (Å²) in [5.41, 5.74) is 0.788. The molecule has 0 fully saturated rings. The van der Waals surface area contributed by atoms with Crippen LogP contribution in [-0.4, -0.2) is 17.0 Å². The molecule has 0 radical (unpaired) electrons. The fourth-order valence-electron chi connectivity index (χ4n) is 1.90. The number of nitrogens with one attached hydrogen (secondary N) is 1. The lowest BCUT2D eigenvalue weighted by Crippen LogP contribution is -2.29. The number of thiophene rings is 1. The van der Waals surface area contributed by atoms with Gasteiger partial charge in [-0.25, -0.2) is 0 Å². The van der Waals surface area contributed by atoms with Gasteiger partial charge in [0.2, 0.25) is 0 Å². The van der Waals surface area contributed by atoms with Crippen molar-refractivity contribution < 1.29 is 14.7 Å². The molecule has 0 aliphatic rings. The van der Waals surface area contributed by atoms with E-state index in [0.717, 1.165) is 10.4 Å². The number of rotatable bonds is 5. The van der Waals surface area contributed by atoms with Gasteiger partial charge in [-0.05, 0) is 24.6 Å². The molecule has 5 heteroatoms. The van der Waals surface area contributed by atoms with Crippen molar-refractivity contribution >= 4 is 23.2 Å². The minimum absolute atomic E-state index is 0.139. The predicted octanol–water partition coefficient (Wildman–Crippen LogP) is 3.00. The van der Waals surface area contributed by atoms with Gasteiger partial charge < -0.3 is 10.4 Å². The topological polar surface area (TPSA) is 66.4 Å². The van der Waals surface area contributed by atoms with E-state index >= 15 is 0 Å². The second-order valence-electron chi connectivity index (χ2n) is 4.44. The molecule has 2 N–H and O–H groups in total. The molecule has 1 heterocycles. The maximum absolute atomic E-state index is 12.1. The Balaban J connectivity index is 2.16. The monoisotopic (exact) mass is 289 g/mol. The molecule has 20 heavy (non-hydrogen) atoms. The molecule has 0 bridgehead atoms. The molecule has 2 rings (SSSR count). The van der Waals surface area contributed by atoms with Crippen molar-refractivity contribution in [1.29, 1.82) is 0 Å². The number of carboxylic acid groups (broad SMARTS) is 1. The lowest BCUT2D eigenvalue weighted by molar-refractivity contribution is -0.137. The summed E-state index contributed by atoms with van der Waals surface area (Å²) in [5, 5.41) is 11.8. The first kappa shape index (κ1) is 14.3. The van der Waals surface area contributed by atoms with E-state index in [1.54, 1.807) is 6.07 Å². The van der Waals surface area contributed by atoms with Crippen molar-refractivity contribution in [3.05, 3.63) is 57.8 Å². The summed E-state index contributed by atoms with van der Waals surface area (Å²) >= 11 is 1.39. The summed E-state index contributed by atoms with van der Waals surface area (Å²) in [7, 11) is 0. The Morgan fingerprint density at radius 2 is 1.90 bits per heavy atom. The Morgan fingerprint density at radius 1 is 1.20 bits per heavy atom. The van der Waals surface area contributed by atoms with Crippen LogP contribution in [0.15, 0.2) is 42.5 Å². The first-order chi connectivity index (χ1) is 9.56. The van der Waals surface area contributed by atoms with Crippen LogP contribution in [0.1, 0.15) is 32.6 Å². The van der Waals surface area contributed by atoms with Gasteiger partial charge in [-0.2, -0.15) is 0 Å². The van der Waals surface area contributed by atoms with Crippen LogP contribution < -0.4 is 5.32 Å². The van der Waals surface area contributed by atoms with Crippen LogP contribution in [0.25, 0.3) is 0 Å². The maximum Gasteiger partial charge on any atom is 0.305 e. The fourth-order valence-corrected chi connectivity index (χ4v) is 2.67. The number of carboxylic acids is 1. The van der Waals surface area contributed by atoms with Gasteiger partial charge in [0.1, 0.15) is 0 Å². The zero-order valence-electron chi connectivity index (χ0n) is 11.0. The Morgan fingerprint density at radius 3 is 2.45 bits per heavy atom. The van der Waals surface area contributed by atoms with Gasteiger partial charge in [-0.15, -0.1) is 11.3 Å². The Bertz CT molecular complexity index is 607. The largest absolute Gasteiger partial charge is 0.481 e. The van der Waals surface area contributed by atoms with Gasteiger partial charge in [0.05, 0.1) is 17.3 Å². The maximum atomic E-state index is 12.1. The number of carbonyl (C=O) groups is 2. The third-order valence-corrected chi connectivity index (χ3v) is 3.85. The molecule has 1 atom stereocenters. The van der Waals surface area contributed by atoms with E-state index in [1.165, 1.54) is 11.3 Å². The fraction of sp³-hybridized carbons (Fsp3) is 0.200. The standard InChI is InChI=1S/C15H15NO3S/c1-10-7-8-13(20-10)15(19)16-12(9-14(17)18)11-5-3-2-4-6-11/h2-8,12H,9H2,1H3,(H,16,19)(H,17,18). The summed E-state index contributed by atoms with van der Waals surface area (Å²) in [6.07, 6.45) is -0.139. The third kappa shape index (κ3) is 3.68. The second-order valence-corrected chi connectivity index (χ2v) is 5.73. The zero-order valence-corrected chi connectivity index (χ0v) is 11.8. The molecule has 0 spiro atoms. The highest BCUT2D eigenvalue weighted by Gasteiger charge is 2.19. The number of hydrogen-bond donors (Lipinski definition) is 2. The van der Waals surface area contributed by atoms with Crippen LogP contribution in [0.4, 0.5) is 0 Å². The molecular formula is C15H15NO3S. The first-order valence-electron chi connectivity index (χ1n) is 6.20. The van der Waals surface area contributed by atoms with Crippen LogP contribution in [0.5, 0.6) is 0 Å². The van der Waals surface area contributed by atoms with Gasteiger partial charge in [-0.3, -0.25) is 9.59 Å². The highest BCUT2D eigenvalue weighted by molar-refractivity contribution is 7.13. The molecule has 4 nitrogen and oxygen atoms in total. The van der Waals surface area contributed by atoms with Gasteiger partial charge >= 0.3 is 5.97 Å². The van der Waals surface area contributed by atoms with Gasteiger partial charge in [0, 0.05) is 4.88 Å². The molecule has 0 aliphatic heterocycles. The van der Waals surface area contributed by atoms with Crippen LogP contribution in [0.2, 0.25) is 0 Å². The van der Waals surface area contributed by atoms with E-state index < -0.39 is 12.0 Å². The smallest absolute Gasteiger partial charge is 0.305 e. The molecular weight excluding hydrogens is 274 g/mol. The molecule has 1 amide bonds. The number of aliphatic carboxylic acids is 1. The molecule has 104 valence electrons. The average Bonchev–Trinajstić information content (AvgIpc) is 2.85. The van der Waals surface area contributed by atoms with E-state index in [1.807, 2.05) is 43.3 Å². The summed E-state index contributed by atoms with van der Waals surface area (Å²) in [5.74, 6) is -1.18. The van der Waals surface area contributed by atoms with Gasteiger partial charge in [0.15, 0.2) is 0 Å². The summed E-state index contributed by atoms with van der Waals surface area (Å²) < 4.78 is 0. The van der Waals surface area contributed by atoms with Crippen molar-refractivity contribution in [3.63, 3.8) is 0 Å². The molecule has 1 unspecified atom stereocenters. The summed E-state index contributed by atoms with van der Waals surface area (Å²) in [6.45, 7) is 1.92. The Kier molecular flexibility index (Phi) is 4.53. The molecule has 1 aromatic carbocycles. The Labute approximate surface area is 121 Å². The minimum atomic E-state index is -0.943. The number of aryl methyl sites for hydroxylation is 1. The van der Waals surface area contributed by atoms with Crippen molar-refractivity contribution in [2.75, 3.05) is 0 Å². The lowest BCUT2D eigenvalue weighted by atomic mass is 10.0. The molecule has 0 saturated heterocycles. The van der Waals surface area contributed by atoms with E-state index in [2.05, 4.69) is 5.32 Å². The highest BCUT2D eigenvalue weighted by atomic mass is 32.1. The van der Waals surface area contributed by atoms with Crippen LogP contribution >= 0.6 is 11.3 Å². The summed E-state index contributed by atoms with van der Waals surface area (Å²) in [6, 6.07) is 12.2. The van der Waals surface area contributed by atoms with Crippen LogP contribution in [-0.2, 0) is 4.79 Å². The average molecular weight is 289 g/mol. The molecule has 0 saturated carbocycles. The van der Waals surface area contributed by atoms with Gasteiger partial charge in [-0.1, -0.05) is 30.3 Å². The normalized spacial score (nSPS) is 11.8. The van der Waals surface area contributed by atoms with Crippen molar-refractivity contribution in [2.24, 2.45) is 0 Å². The number of carbonyl (C=O) groups excluding carboxylic acids is 1.